The lowest BCUT2D eigenvalue weighted by atomic mass is 10.1. The number of halogens is 4. The van der Waals surface area contributed by atoms with Crippen LogP contribution in [0.1, 0.15) is 24.1 Å². The first-order valence-corrected chi connectivity index (χ1v) is 6.44. The van der Waals surface area contributed by atoms with E-state index in [4.69, 9.17) is 11.6 Å². The number of anilines is 1. The van der Waals surface area contributed by atoms with Crippen LogP contribution < -0.4 is 5.32 Å². The molecule has 0 heterocycles. The van der Waals surface area contributed by atoms with E-state index in [2.05, 4.69) is 5.32 Å². The molecule has 2 rings (SSSR count). The molecule has 20 heavy (non-hydrogen) atoms. The summed E-state index contributed by atoms with van der Waals surface area (Å²) in [6.07, 6.45) is -4.38. The summed E-state index contributed by atoms with van der Waals surface area (Å²) in [5.74, 6) is 0. The van der Waals surface area contributed by atoms with Gasteiger partial charge in [-0.3, -0.25) is 0 Å². The van der Waals surface area contributed by atoms with Crippen LogP contribution in [-0.2, 0) is 6.18 Å². The third-order valence-corrected chi connectivity index (χ3v) is 3.28. The van der Waals surface area contributed by atoms with Gasteiger partial charge in [-0.05, 0) is 30.7 Å². The van der Waals surface area contributed by atoms with Crippen LogP contribution in [0.25, 0.3) is 0 Å². The zero-order valence-corrected chi connectivity index (χ0v) is 11.5. The van der Waals surface area contributed by atoms with Gasteiger partial charge in [0.25, 0.3) is 0 Å². The Bertz CT molecular complexity index is 581. The lowest BCUT2D eigenvalue weighted by Crippen LogP contribution is -2.09. The SMILES string of the molecule is CC(Nc1ccc(C(F)(F)F)cc1Cl)c1ccccc1. The lowest BCUT2D eigenvalue weighted by Gasteiger charge is -2.17. The van der Waals surface area contributed by atoms with Gasteiger partial charge in [-0.15, -0.1) is 0 Å². The minimum Gasteiger partial charge on any atom is -0.377 e. The zero-order valence-electron chi connectivity index (χ0n) is 10.7. The van der Waals surface area contributed by atoms with Crippen molar-refractivity contribution in [2.45, 2.75) is 19.1 Å². The van der Waals surface area contributed by atoms with Gasteiger partial charge in [0.05, 0.1) is 16.3 Å². The summed E-state index contributed by atoms with van der Waals surface area (Å²) in [5, 5.41) is 3.16. The third kappa shape index (κ3) is 3.45. The highest BCUT2D eigenvalue weighted by Gasteiger charge is 2.30. The highest BCUT2D eigenvalue weighted by atomic mass is 35.5. The first-order valence-electron chi connectivity index (χ1n) is 6.06. The van der Waals surface area contributed by atoms with Gasteiger partial charge in [-0.25, -0.2) is 0 Å². The summed E-state index contributed by atoms with van der Waals surface area (Å²) in [5.41, 5.74) is 0.764. The highest BCUT2D eigenvalue weighted by Crippen LogP contribution is 2.34. The Morgan fingerprint density at radius 3 is 2.25 bits per heavy atom. The van der Waals surface area contributed by atoms with Crippen molar-refractivity contribution in [3.63, 3.8) is 0 Å². The molecule has 2 aromatic carbocycles. The molecule has 0 radical (unpaired) electrons. The van der Waals surface area contributed by atoms with Crippen LogP contribution in [0, 0.1) is 0 Å². The molecule has 2 aromatic rings. The molecular weight excluding hydrogens is 287 g/mol. The van der Waals surface area contributed by atoms with Crippen LogP contribution in [0.15, 0.2) is 48.5 Å². The number of rotatable bonds is 3. The fourth-order valence-corrected chi connectivity index (χ4v) is 2.10. The first kappa shape index (κ1) is 14.7. The minimum absolute atomic E-state index is 0.0505. The summed E-state index contributed by atoms with van der Waals surface area (Å²) in [6, 6.07) is 12.8. The van der Waals surface area contributed by atoms with Crippen molar-refractivity contribution in [2.24, 2.45) is 0 Å². The lowest BCUT2D eigenvalue weighted by molar-refractivity contribution is -0.137. The Morgan fingerprint density at radius 2 is 1.70 bits per heavy atom. The average molecular weight is 300 g/mol. The molecule has 0 spiro atoms. The fourth-order valence-electron chi connectivity index (χ4n) is 1.87. The number of hydrogen-bond acceptors (Lipinski definition) is 1. The van der Waals surface area contributed by atoms with Crippen LogP contribution in [-0.4, -0.2) is 0 Å². The van der Waals surface area contributed by atoms with E-state index < -0.39 is 11.7 Å². The molecule has 0 aliphatic carbocycles. The second-order valence-electron chi connectivity index (χ2n) is 4.47. The van der Waals surface area contributed by atoms with Crippen LogP contribution >= 0.6 is 11.6 Å². The summed E-state index contributed by atoms with van der Waals surface area (Å²) < 4.78 is 37.6. The van der Waals surface area contributed by atoms with E-state index in [0.717, 1.165) is 17.7 Å². The molecule has 1 N–H and O–H groups in total. The Labute approximate surface area is 120 Å². The monoisotopic (exact) mass is 299 g/mol. The van der Waals surface area contributed by atoms with E-state index >= 15 is 0 Å². The normalized spacial score (nSPS) is 13.1. The molecule has 106 valence electrons. The van der Waals surface area contributed by atoms with Crippen LogP contribution in [0.5, 0.6) is 0 Å². The average Bonchev–Trinajstić information content (AvgIpc) is 2.41. The summed E-state index contributed by atoms with van der Waals surface area (Å²) in [6.45, 7) is 1.92. The zero-order chi connectivity index (χ0) is 14.8. The van der Waals surface area contributed by atoms with E-state index in [1.807, 2.05) is 37.3 Å². The third-order valence-electron chi connectivity index (χ3n) is 2.97. The Morgan fingerprint density at radius 1 is 1.05 bits per heavy atom. The van der Waals surface area contributed by atoms with Gasteiger partial charge >= 0.3 is 6.18 Å². The molecule has 0 aromatic heterocycles. The molecule has 5 heteroatoms. The Balaban J connectivity index is 2.18. The minimum atomic E-state index is -4.38. The van der Waals surface area contributed by atoms with E-state index in [1.54, 1.807) is 0 Å². The molecule has 0 fully saturated rings. The quantitative estimate of drug-likeness (QED) is 0.785. The van der Waals surface area contributed by atoms with E-state index in [1.165, 1.54) is 6.07 Å². The number of benzene rings is 2. The van der Waals surface area contributed by atoms with Crippen molar-refractivity contribution in [3.8, 4) is 0 Å². The number of nitrogens with one attached hydrogen (secondary N) is 1. The van der Waals surface area contributed by atoms with Gasteiger partial charge in [0.2, 0.25) is 0 Å². The predicted molar refractivity (Wildman–Crippen MR) is 74.9 cm³/mol. The van der Waals surface area contributed by atoms with Gasteiger partial charge in [-0.1, -0.05) is 41.9 Å². The molecule has 1 nitrogen and oxygen atoms in total. The van der Waals surface area contributed by atoms with E-state index in [-0.39, 0.29) is 11.1 Å². The van der Waals surface area contributed by atoms with Gasteiger partial charge in [0.1, 0.15) is 0 Å². The van der Waals surface area contributed by atoms with Gasteiger partial charge in [-0.2, -0.15) is 13.2 Å². The largest absolute Gasteiger partial charge is 0.416 e. The topological polar surface area (TPSA) is 12.0 Å². The van der Waals surface area contributed by atoms with Crippen LogP contribution in [0.2, 0.25) is 5.02 Å². The molecule has 0 aliphatic heterocycles. The smallest absolute Gasteiger partial charge is 0.377 e. The standard InChI is InChI=1S/C15H13ClF3N/c1-10(11-5-3-2-4-6-11)20-14-8-7-12(9-13(14)16)15(17,18)19/h2-10,20H,1H3. The van der Waals surface area contributed by atoms with Crippen LogP contribution in [0.4, 0.5) is 18.9 Å². The summed E-state index contributed by atoms with van der Waals surface area (Å²) in [7, 11) is 0. The molecule has 0 bridgehead atoms. The van der Waals surface area contributed by atoms with E-state index in [0.29, 0.717) is 5.69 Å². The number of alkyl halides is 3. The molecule has 0 amide bonds. The molecule has 0 saturated carbocycles. The fraction of sp³-hybridized carbons (Fsp3) is 0.200. The van der Waals surface area contributed by atoms with Crippen molar-refractivity contribution in [1.82, 2.24) is 0 Å². The second-order valence-corrected chi connectivity index (χ2v) is 4.88. The van der Waals surface area contributed by atoms with Crippen molar-refractivity contribution >= 4 is 17.3 Å². The number of hydrogen-bond donors (Lipinski definition) is 1. The van der Waals surface area contributed by atoms with Gasteiger partial charge in [0.15, 0.2) is 0 Å². The maximum Gasteiger partial charge on any atom is 0.416 e. The Hall–Kier alpha value is -1.68. The van der Waals surface area contributed by atoms with Crippen LogP contribution in [0.3, 0.4) is 0 Å². The Kier molecular flexibility index (Phi) is 4.23. The summed E-state index contributed by atoms with van der Waals surface area (Å²) >= 11 is 5.90. The molecule has 0 aliphatic rings. The van der Waals surface area contributed by atoms with Crippen molar-refractivity contribution in [2.75, 3.05) is 5.32 Å². The second kappa shape index (κ2) is 5.75. The van der Waals surface area contributed by atoms with E-state index in [9.17, 15) is 13.2 Å². The van der Waals surface area contributed by atoms with Crippen molar-refractivity contribution < 1.29 is 13.2 Å². The maximum absolute atomic E-state index is 12.5. The predicted octanol–water partition coefficient (Wildman–Crippen LogP) is 5.53. The molecular formula is C15H13ClF3N. The highest BCUT2D eigenvalue weighted by molar-refractivity contribution is 6.33. The molecule has 1 atom stereocenters. The molecule has 1 unspecified atom stereocenters. The first-order chi connectivity index (χ1) is 9.38. The van der Waals surface area contributed by atoms with Gasteiger partial charge in [0, 0.05) is 6.04 Å². The van der Waals surface area contributed by atoms with Crippen molar-refractivity contribution in [3.05, 3.63) is 64.7 Å². The summed E-state index contributed by atoms with van der Waals surface area (Å²) in [4.78, 5) is 0. The maximum atomic E-state index is 12.5. The molecule has 0 saturated heterocycles. The van der Waals surface area contributed by atoms with Gasteiger partial charge < -0.3 is 5.32 Å². The van der Waals surface area contributed by atoms with Crippen molar-refractivity contribution in [1.29, 1.82) is 0 Å².